The third-order valence-corrected chi connectivity index (χ3v) is 5.14. The quantitative estimate of drug-likeness (QED) is 0.487. The van der Waals surface area contributed by atoms with Gasteiger partial charge in [0, 0.05) is 38.3 Å². The summed E-state index contributed by atoms with van der Waals surface area (Å²) in [6, 6.07) is 7.27. The van der Waals surface area contributed by atoms with Crippen LogP contribution in [0.4, 0.5) is 19.0 Å². The van der Waals surface area contributed by atoms with Crippen molar-refractivity contribution in [2.45, 2.75) is 12.7 Å². The molecule has 32 heavy (non-hydrogen) atoms. The van der Waals surface area contributed by atoms with Gasteiger partial charge >= 0.3 is 6.18 Å². The predicted molar refractivity (Wildman–Crippen MR) is 113 cm³/mol. The number of aryl methyl sites for hydroxylation is 1. The van der Waals surface area contributed by atoms with Crippen molar-refractivity contribution in [2.75, 3.05) is 19.8 Å². The number of hydrogen-bond donors (Lipinski definition) is 1. The predicted octanol–water partition coefficient (Wildman–Crippen LogP) is 3.24. The molecule has 4 aromatic rings. The number of rotatable bonds is 4. The largest absolute Gasteiger partial charge is 0.417 e. The van der Waals surface area contributed by atoms with Crippen LogP contribution in [0.1, 0.15) is 21.6 Å². The SMILES string of the molecule is CN(C)N(Cc1ccc(C(F)(F)F)cn1)C(=O)c1ccc2nc(N)c3cnn(C)c3c2c1. The lowest BCUT2D eigenvalue weighted by atomic mass is 10.1. The van der Waals surface area contributed by atoms with E-state index in [2.05, 4.69) is 15.1 Å². The summed E-state index contributed by atoms with van der Waals surface area (Å²) in [6.45, 7) is 0.00309. The molecule has 0 spiro atoms. The molecule has 0 unspecified atom stereocenters. The van der Waals surface area contributed by atoms with Gasteiger partial charge in [0.05, 0.1) is 40.4 Å². The molecule has 3 heterocycles. The zero-order chi connectivity index (χ0) is 23.2. The first-order valence-corrected chi connectivity index (χ1v) is 9.58. The van der Waals surface area contributed by atoms with Gasteiger partial charge in [0.25, 0.3) is 5.91 Å². The molecule has 8 nitrogen and oxygen atoms in total. The van der Waals surface area contributed by atoms with Gasteiger partial charge in [-0.25, -0.2) is 9.99 Å². The number of hydrazine groups is 1. The van der Waals surface area contributed by atoms with E-state index in [4.69, 9.17) is 5.73 Å². The van der Waals surface area contributed by atoms with Crippen molar-refractivity contribution < 1.29 is 18.0 Å². The maximum absolute atomic E-state index is 13.3. The second-order valence-electron chi connectivity index (χ2n) is 7.51. The topological polar surface area (TPSA) is 93.2 Å². The maximum Gasteiger partial charge on any atom is 0.417 e. The minimum atomic E-state index is -4.47. The van der Waals surface area contributed by atoms with Crippen molar-refractivity contribution in [1.29, 1.82) is 0 Å². The highest BCUT2D eigenvalue weighted by atomic mass is 19.4. The highest BCUT2D eigenvalue weighted by Gasteiger charge is 2.31. The summed E-state index contributed by atoms with van der Waals surface area (Å²) in [5, 5.41) is 8.58. The summed E-state index contributed by atoms with van der Waals surface area (Å²) in [5.41, 5.74) is 7.26. The normalized spacial score (nSPS) is 12.1. The van der Waals surface area contributed by atoms with Crippen molar-refractivity contribution in [3.05, 3.63) is 59.5 Å². The molecule has 0 atom stereocenters. The minimum absolute atomic E-state index is 0.00309. The van der Waals surface area contributed by atoms with Gasteiger partial charge in [0.1, 0.15) is 5.82 Å². The van der Waals surface area contributed by atoms with Crippen molar-refractivity contribution in [1.82, 2.24) is 29.8 Å². The summed E-state index contributed by atoms with van der Waals surface area (Å²) < 4.78 is 40.1. The minimum Gasteiger partial charge on any atom is -0.383 e. The van der Waals surface area contributed by atoms with Crippen molar-refractivity contribution in [3.8, 4) is 0 Å². The van der Waals surface area contributed by atoms with Crippen LogP contribution in [0.5, 0.6) is 0 Å². The highest BCUT2D eigenvalue weighted by molar-refractivity contribution is 6.10. The lowest BCUT2D eigenvalue weighted by molar-refractivity contribution is -0.137. The number of hydrogen-bond acceptors (Lipinski definition) is 6. The lowest BCUT2D eigenvalue weighted by Crippen LogP contribution is -2.41. The van der Waals surface area contributed by atoms with Crippen LogP contribution in [0, 0.1) is 0 Å². The molecule has 0 aliphatic carbocycles. The Balaban J connectivity index is 1.70. The van der Waals surface area contributed by atoms with Crippen LogP contribution in [-0.2, 0) is 19.8 Å². The number of carbonyl (C=O) groups is 1. The van der Waals surface area contributed by atoms with Crippen LogP contribution in [0.25, 0.3) is 21.8 Å². The molecule has 0 radical (unpaired) electrons. The maximum atomic E-state index is 13.3. The van der Waals surface area contributed by atoms with Crippen LogP contribution >= 0.6 is 0 Å². The van der Waals surface area contributed by atoms with Gasteiger partial charge in [0.2, 0.25) is 0 Å². The molecule has 0 fully saturated rings. The summed E-state index contributed by atoms with van der Waals surface area (Å²) in [5.74, 6) is 0.00807. The number of anilines is 1. The molecule has 0 saturated heterocycles. The number of halogens is 3. The molecule has 1 aromatic carbocycles. The zero-order valence-electron chi connectivity index (χ0n) is 17.6. The Hall–Kier alpha value is -3.73. The van der Waals surface area contributed by atoms with E-state index in [9.17, 15) is 18.0 Å². The van der Waals surface area contributed by atoms with Gasteiger partial charge in [0.15, 0.2) is 0 Å². The third-order valence-electron chi connectivity index (χ3n) is 5.14. The number of pyridine rings is 2. The van der Waals surface area contributed by atoms with Gasteiger partial charge in [-0.3, -0.25) is 19.5 Å². The van der Waals surface area contributed by atoms with Crippen molar-refractivity contribution >= 4 is 33.5 Å². The molecule has 2 N–H and O–H groups in total. The Morgan fingerprint density at radius 3 is 2.50 bits per heavy atom. The Kier molecular flexibility index (Phi) is 5.21. The van der Waals surface area contributed by atoms with Crippen LogP contribution in [-0.4, -0.2) is 49.8 Å². The van der Waals surface area contributed by atoms with E-state index in [1.54, 1.807) is 55.2 Å². The van der Waals surface area contributed by atoms with Gasteiger partial charge in [-0.2, -0.15) is 18.3 Å². The standard InChI is InChI=1S/C21H20F3N7O/c1-29(2)31(11-14-6-5-13(9-26-14)21(22,23)24)20(32)12-4-7-17-15(8-12)18-16(19(25)28-17)10-27-30(18)3/h4-10H,11H2,1-3H3,(H2,25,28). The van der Waals surface area contributed by atoms with Gasteiger partial charge in [-0.15, -0.1) is 0 Å². The first kappa shape index (κ1) is 21.5. The number of carbonyl (C=O) groups excluding carboxylic acids is 1. The fraction of sp³-hybridized carbons (Fsp3) is 0.238. The Labute approximate surface area is 181 Å². The second-order valence-corrected chi connectivity index (χ2v) is 7.51. The Morgan fingerprint density at radius 1 is 1.12 bits per heavy atom. The van der Waals surface area contributed by atoms with E-state index in [1.807, 2.05) is 0 Å². The number of fused-ring (bicyclic) bond motifs is 3. The van der Waals surface area contributed by atoms with Crippen LogP contribution in [0.2, 0.25) is 0 Å². The molecule has 0 saturated carbocycles. The first-order chi connectivity index (χ1) is 15.1. The van der Waals surface area contributed by atoms with E-state index < -0.39 is 11.7 Å². The van der Waals surface area contributed by atoms with E-state index in [-0.39, 0.29) is 12.5 Å². The monoisotopic (exact) mass is 443 g/mol. The number of nitrogen functional groups attached to an aromatic ring is 1. The molecule has 0 aliphatic rings. The smallest absolute Gasteiger partial charge is 0.383 e. The molecule has 4 rings (SSSR count). The summed E-state index contributed by atoms with van der Waals surface area (Å²) in [7, 11) is 5.12. The molecule has 1 amide bonds. The fourth-order valence-corrected chi connectivity index (χ4v) is 3.47. The average molecular weight is 443 g/mol. The van der Waals surface area contributed by atoms with Gasteiger partial charge < -0.3 is 5.73 Å². The summed E-state index contributed by atoms with van der Waals surface area (Å²) in [4.78, 5) is 21.5. The van der Waals surface area contributed by atoms with Crippen LogP contribution < -0.4 is 5.73 Å². The van der Waals surface area contributed by atoms with E-state index in [0.29, 0.717) is 33.4 Å². The van der Waals surface area contributed by atoms with E-state index in [1.165, 1.54) is 11.1 Å². The highest BCUT2D eigenvalue weighted by Crippen LogP contribution is 2.30. The lowest BCUT2D eigenvalue weighted by Gasteiger charge is -2.29. The molecule has 0 bridgehead atoms. The summed E-state index contributed by atoms with van der Waals surface area (Å²) >= 11 is 0. The van der Waals surface area contributed by atoms with Gasteiger partial charge in [-0.1, -0.05) is 0 Å². The zero-order valence-corrected chi connectivity index (χ0v) is 17.6. The molecule has 11 heteroatoms. The van der Waals surface area contributed by atoms with Gasteiger partial charge in [-0.05, 0) is 30.3 Å². The third kappa shape index (κ3) is 3.82. The Morgan fingerprint density at radius 2 is 1.88 bits per heavy atom. The number of nitrogens with zero attached hydrogens (tertiary/aromatic N) is 6. The van der Waals surface area contributed by atoms with Crippen LogP contribution in [0.3, 0.4) is 0 Å². The molecule has 166 valence electrons. The first-order valence-electron chi connectivity index (χ1n) is 9.58. The number of benzene rings is 1. The molecule has 0 aliphatic heterocycles. The van der Waals surface area contributed by atoms with E-state index >= 15 is 0 Å². The molecular weight excluding hydrogens is 423 g/mol. The number of amides is 1. The van der Waals surface area contributed by atoms with Crippen molar-refractivity contribution in [2.24, 2.45) is 7.05 Å². The summed E-state index contributed by atoms with van der Waals surface area (Å²) in [6.07, 6.45) is -2.09. The second kappa shape index (κ2) is 7.75. The number of aromatic nitrogens is 4. The van der Waals surface area contributed by atoms with Crippen molar-refractivity contribution in [3.63, 3.8) is 0 Å². The van der Waals surface area contributed by atoms with E-state index in [0.717, 1.165) is 17.8 Å². The average Bonchev–Trinajstić information content (AvgIpc) is 3.13. The Bertz CT molecular complexity index is 1310. The number of nitrogens with two attached hydrogens (primary N) is 1. The molecular formula is C21H20F3N7O. The van der Waals surface area contributed by atoms with Crippen LogP contribution in [0.15, 0.2) is 42.7 Å². The number of alkyl halides is 3. The fourth-order valence-electron chi connectivity index (χ4n) is 3.47. The molecule has 3 aromatic heterocycles.